The van der Waals surface area contributed by atoms with E-state index in [1.165, 1.54) is 7.11 Å². The molecular formula is C12H24O4. The Morgan fingerprint density at radius 1 is 1.25 bits per heavy atom. The van der Waals surface area contributed by atoms with Crippen molar-refractivity contribution in [1.29, 1.82) is 0 Å². The Balaban J connectivity index is 4.35. The van der Waals surface area contributed by atoms with Gasteiger partial charge in [0.2, 0.25) is 0 Å². The van der Waals surface area contributed by atoms with Gasteiger partial charge in [0.05, 0.1) is 13.2 Å². The van der Waals surface area contributed by atoms with Crippen LogP contribution in [0, 0.1) is 0 Å². The Kier molecular flexibility index (Phi) is 9.52. The van der Waals surface area contributed by atoms with E-state index in [1.54, 1.807) is 7.11 Å². The summed E-state index contributed by atoms with van der Waals surface area (Å²) in [6.45, 7) is 2.68. The first-order chi connectivity index (χ1) is 7.67. The van der Waals surface area contributed by atoms with Gasteiger partial charge in [0.1, 0.15) is 12.2 Å². The van der Waals surface area contributed by atoms with Gasteiger partial charge in [0.25, 0.3) is 0 Å². The summed E-state index contributed by atoms with van der Waals surface area (Å²) in [6.07, 6.45) is 2.93. The summed E-state index contributed by atoms with van der Waals surface area (Å²) in [5, 5.41) is 19.5. The molecule has 0 heterocycles. The summed E-state index contributed by atoms with van der Waals surface area (Å²) < 4.78 is 9.76. The molecule has 0 radical (unpaired) electrons. The Hall–Kier alpha value is -0.420. The third-order valence-electron chi connectivity index (χ3n) is 2.41. The lowest BCUT2D eigenvalue weighted by molar-refractivity contribution is -0.0115. The predicted octanol–water partition coefficient (Wildman–Crippen LogP) is 1.12. The second kappa shape index (κ2) is 9.78. The maximum absolute atomic E-state index is 9.91. The molecule has 0 aliphatic carbocycles. The van der Waals surface area contributed by atoms with E-state index >= 15 is 0 Å². The van der Waals surface area contributed by atoms with Crippen LogP contribution in [-0.2, 0) is 9.47 Å². The topological polar surface area (TPSA) is 58.9 Å². The van der Waals surface area contributed by atoms with E-state index in [1.807, 2.05) is 6.08 Å². The highest BCUT2D eigenvalue weighted by atomic mass is 16.5. The molecule has 0 fully saturated rings. The first-order valence-electron chi connectivity index (χ1n) is 5.70. The first-order valence-corrected chi connectivity index (χ1v) is 5.70. The van der Waals surface area contributed by atoms with Crippen molar-refractivity contribution in [2.45, 2.75) is 38.4 Å². The minimum absolute atomic E-state index is 0.137. The van der Waals surface area contributed by atoms with Crippen molar-refractivity contribution in [2.24, 2.45) is 0 Å². The van der Waals surface area contributed by atoms with E-state index < -0.39 is 12.2 Å². The summed E-state index contributed by atoms with van der Waals surface area (Å²) in [5.74, 6) is 0. The van der Waals surface area contributed by atoms with E-state index in [-0.39, 0.29) is 6.61 Å². The molecule has 0 saturated heterocycles. The summed E-state index contributed by atoms with van der Waals surface area (Å²) >= 11 is 0. The lowest BCUT2D eigenvalue weighted by Crippen LogP contribution is -2.32. The normalized spacial score (nSPS) is 16.2. The summed E-state index contributed by atoms with van der Waals surface area (Å²) in [6, 6.07) is 0. The van der Waals surface area contributed by atoms with Crippen LogP contribution in [0.5, 0.6) is 0 Å². The molecule has 2 unspecified atom stereocenters. The quantitative estimate of drug-likeness (QED) is 0.585. The molecule has 4 heteroatoms. The fourth-order valence-electron chi connectivity index (χ4n) is 1.45. The second-order valence-corrected chi connectivity index (χ2v) is 3.81. The van der Waals surface area contributed by atoms with Gasteiger partial charge in [-0.1, -0.05) is 19.4 Å². The highest BCUT2D eigenvalue weighted by Gasteiger charge is 2.19. The molecule has 0 bridgehead atoms. The van der Waals surface area contributed by atoms with Crippen LogP contribution in [0.4, 0.5) is 0 Å². The van der Waals surface area contributed by atoms with Gasteiger partial charge in [-0.05, 0) is 18.4 Å². The van der Waals surface area contributed by atoms with E-state index in [0.29, 0.717) is 6.61 Å². The third kappa shape index (κ3) is 6.23. The fourth-order valence-corrected chi connectivity index (χ4v) is 1.45. The van der Waals surface area contributed by atoms with E-state index in [0.717, 1.165) is 24.8 Å². The average molecular weight is 232 g/mol. The Morgan fingerprint density at radius 2 is 1.94 bits per heavy atom. The number of hydrogen-bond donors (Lipinski definition) is 2. The summed E-state index contributed by atoms with van der Waals surface area (Å²) in [5.41, 5.74) is 0.827. The van der Waals surface area contributed by atoms with Crippen molar-refractivity contribution in [3.8, 4) is 0 Å². The van der Waals surface area contributed by atoms with Crippen LogP contribution >= 0.6 is 0 Å². The highest BCUT2D eigenvalue weighted by Crippen LogP contribution is 2.15. The fraction of sp³-hybridized carbons (Fsp3) is 0.833. The largest absolute Gasteiger partial charge is 0.388 e. The number of rotatable bonds is 9. The zero-order valence-corrected chi connectivity index (χ0v) is 10.5. The van der Waals surface area contributed by atoms with Crippen LogP contribution in [-0.4, -0.2) is 49.9 Å². The molecule has 2 N–H and O–H groups in total. The van der Waals surface area contributed by atoms with Crippen LogP contribution in [0.2, 0.25) is 0 Å². The van der Waals surface area contributed by atoms with Crippen molar-refractivity contribution in [3.05, 3.63) is 11.6 Å². The smallest absolute Gasteiger partial charge is 0.107 e. The number of aliphatic hydroxyl groups excluding tert-OH is 2. The molecule has 0 aromatic carbocycles. The Labute approximate surface area is 97.9 Å². The van der Waals surface area contributed by atoms with E-state index in [9.17, 15) is 10.2 Å². The molecule has 16 heavy (non-hydrogen) atoms. The zero-order valence-electron chi connectivity index (χ0n) is 10.5. The number of methoxy groups -OCH3 is 2. The Morgan fingerprint density at radius 3 is 2.44 bits per heavy atom. The van der Waals surface area contributed by atoms with Gasteiger partial charge in [-0.3, -0.25) is 0 Å². The van der Waals surface area contributed by atoms with Gasteiger partial charge in [0.15, 0.2) is 0 Å². The summed E-state index contributed by atoms with van der Waals surface area (Å²) in [7, 11) is 3.10. The van der Waals surface area contributed by atoms with Crippen molar-refractivity contribution >= 4 is 0 Å². The third-order valence-corrected chi connectivity index (χ3v) is 2.41. The minimum Gasteiger partial charge on any atom is -0.388 e. The number of unbranched alkanes of at least 4 members (excludes halogenated alkanes) is 1. The number of aliphatic hydroxyl groups is 2. The molecule has 0 aliphatic rings. The van der Waals surface area contributed by atoms with E-state index in [4.69, 9.17) is 9.47 Å². The van der Waals surface area contributed by atoms with Crippen LogP contribution < -0.4 is 0 Å². The van der Waals surface area contributed by atoms with Crippen molar-refractivity contribution in [2.75, 3.05) is 27.4 Å². The molecule has 96 valence electrons. The second-order valence-electron chi connectivity index (χ2n) is 3.81. The molecule has 2 atom stereocenters. The van der Waals surface area contributed by atoms with Crippen LogP contribution in [0.25, 0.3) is 0 Å². The van der Waals surface area contributed by atoms with Crippen molar-refractivity contribution in [1.82, 2.24) is 0 Å². The molecule has 4 nitrogen and oxygen atoms in total. The average Bonchev–Trinajstić information content (AvgIpc) is 2.29. The van der Waals surface area contributed by atoms with E-state index in [2.05, 4.69) is 6.92 Å². The Bertz CT molecular complexity index is 191. The maximum atomic E-state index is 9.91. The van der Waals surface area contributed by atoms with Gasteiger partial charge >= 0.3 is 0 Å². The standard InChI is InChI=1S/C12H24O4/c1-4-5-6-10(7-8-15-2)12(14)11(13)9-16-3/h7,11-14H,4-6,8-9H2,1-3H3/b10-7+. The summed E-state index contributed by atoms with van der Waals surface area (Å²) in [4.78, 5) is 0. The van der Waals surface area contributed by atoms with Gasteiger partial charge in [0, 0.05) is 14.2 Å². The van der Waals surface area contributed by atoms with Crippen LogP contribution in [0.1, 0.15) is 26.2 Å². The SMILES string of the molecule is CCCC/C(=C\COC)C(O)C(O)COC. The number of hydrogen-bond acceptors (Lipinski definition) is 4. The van der Waals surface area contributed by atoms with Crippen molar-refractivity contribution < 1.29 is 19.7 Å². The van der Waals surface area contributed by atoms with Gasteiger partial charge in [-0.2, -0.15) is 0 Å². The molecule has 0 rings (SSSR count). The minimum atomic E-state index is -0.870. The molecule has 0 amide bonds. The molecule has 0 aliphatic heterocycles. The highest BCUT2D eigenvalue weighted by molar-refractivity contribution is 5.10. The van der Waals surface area contributed by atoms with Crippen molar-refractivity contribution in [3.63, 3.8) is 0 Å². The molecule has 0 saturated carbocycles. The van der Waals surface area contributed by atoms with Gasteiger partial charge < -0.3 is 19.7 Å². The lowest BCUT2D eigenvalue weighted by Gasteiger charge is -2.20. The monoisotopic (exact) mass is 232 g/mol. The van der Waals surface area contributed by atoms with Crippen LogP contribution in [0.15, 0.2) is 11.6 Å². The number of ether oxygens (including phenoxy) is 2. The lowest BCUT2D eigenvalue weighted by atomic mass is 9.99. The maximum Gasteiger partial charge on any atom is 0.107 e. The molecule has 0 aromatic rings. The van der Waals surface area contributed by atoms with Gasteiger partial charge in [-0.15, -0.1) is 0 Å². The molecular weight excluding hydrogens is 208 g/mol. The van der Waals surface area contributed by atoms with Crippen LogP contribution in [0.3, 0.4) is 0 Å². The molecule has 0 aromatic heterocycles. The first kappa shape index (κ1) is 15.6. The van der Waals surface area contributed by atoms with Gasteiger partial charge in [-0.25, -0.2) is 0 Å². The predicted molar refractivity (Wildman–Crippen MR) is 63.4 cm³/mol. The zero-order chi connectivity index (χ0) is 12.4. The molecule has 0 spiro atoms.